The highest BCUT2D eigenvalue weighted by Crippen LogP contribution is 2.20. The van der Waals surface area contributed by atoms with Crippen molar-refractivity contribution in [2.75, 3.05) is 0 Å². The number of ether oxygens (including phenoxy) is 2. The lowest BCUT2D eigenvalue weighted by Gasteiger charge is -2.24. The van der Waals surface area contributed by atoms with Gasteiger partial charge in [-0.15, -0.1) is 0 Å². The van der Waals surface area contributed by atoms with Gasteiger partial charge < -0.3 is 24.8 Å². The fourth-order valence-corrected chi connectivity index (χ4v) is 0.800. The molecule has 0 heterocycles. The fraction of sp³-hybridized carbons (Fsp3) is 0.250. The van der Waals surface area contributed by atoms with Crippen molar-refractivity contribution in [2.24, 2.45) is 0 Å². The molecular formula is C8H8O9. The van der Waals surface area contributed by atoms with Gasteiger partial charge in [-0.2, -0.15) is 0 Å². The zero-order valence-electron chi connectivity index (χ0n) is 8.28. The molecule has 94 valence electrons. The molecule has 3 N–H and O–H groups in total. The van der Waals surface area contributed by atoms with Crippen LogP contribution in [-0.4, -0.2) is 45.2 Å². The molecule has 9 nitrogen and oxygen atoms in total. The van der Waals surface area contributed by atoms with Crippen molar-refractivity contribution in [3.63, 3.8) is 0 Å². The molecular weight excluding hydrogens is 240 g/mol. The smallest absolute Gasteiger partial charge is 0.481 e. The van der Waals surface area contributed by atoms with Gasteiger partial charge in [0.05, 0.1) is 0 Å². The molecule has 1 unspecified atom stereocenters. The Balaban J connectivity index is 5.29. The van der Waals surface area contributed by atoms with Crippen LogP contribution in [0.3, 0.4) is 0 Å². The van der Waals surface area contributed by atoms with Crippen molar-refractivity contribution in [1.29, 1.82) is 0 Å². The van der Waals surface area contributed by atoms with Crippen LogP contribution in [0.2, 0.25) is 0 Å². The largest absolute Gasteiger partial charge is 0.509 e. The Morgan fingerprint density at radius 2 is 1.65 bits per heavy atom. The number of carboxylic acids is 2. The minimum Gasteiger partial charge on any atom is -0.481 e. The molecule has 0 aliphatic heterocycles. The molecule has 0 aromatic rings. The molecule has 17 heavy (non-hydrogen) atoms. The second-order valence-electron chi connectivity index (χ2n) is 2.62. The molecule has 0 aliphatic carbocycles. The first-order chi connectivity index (χ1) is 7.73. The second kappa shape index (κ2) is 5.49. The molecule has 0 spiro atoms. The number of carboxylic acid groups (broad SMARTS) is 3. The highest BCUT2D eigenvalue weighted by molar-refractivity contribution is 5.89. The van der Waals surface area contributed by atoms with Crippen LogP contribution in [0, 0.1) is 0 Å². The monoisotopic (exact) mass is 248 g/mol. The molecule has 0 amide bonds. The Labute approximate surface area is 93.9 Å². The van der Waals surface area contributed by atoms with E-state index < -0.39 is 36.3 Å². The number of hydrogen-bond donors (Lipinski definition) is 3. The van der Waals surface area contributed by atoms with Gasteiger partial charge in [-0.1, -0.05) is 6.58 Å². The summed E-state index contributed by atoms with van der Waals surface area (Å²) in [7, 11) is 0. The van der Waals surface area contributed by atoms with Gasteiger partial charge in [-0.25, -0.2) is 14.4 Å². The third kappa shape index (κ3) is 4.20. The van der Waals surface area contributed by atoms with E-state index in [0.29, 0.717) is 6.08 Å². The minimum absolute atomic E-state index is 0.532. The van der Waals surface area contributed by atoms with Gasteiger partial charge in [0.25, 0.3) is 0 Å². The van der Waals surface area contributed by atoms with Crippen molar-refractivity contribution in [3.05, 3.63) is 12.7 Å². The molecule has 0 rings (SSSR count). The van der Waals surface area contributed by atoms with E-state index >= 15 is 0 Å². The van der Waals surface area contributed by atoms with Crippen LogP contribution in [-0.2, 0) is 23.9 Å². The molecule has 1 atom stereocenters. The van der Waals surface area contributed by atoms with Crippen molar-refractivity contribution < 1.29 is 44.0 Å². The first-order valence-corrected chi connectivity index (χ1v) is 3.96. The SMILES string of the molecule is C=CC(=O)OC(CC(=O)O)(OC(=O)O)C(=O)O. The lowest BCUT2D eigenvalue weighted by atomic mass is 10.2. The number of aliphatic carboxylic acids is 2. The third-order valence-electron chi connectivity index (χ3n) is 1.39. The van der Waals surface area contributed by atoms with E-state index in [0.717, 1.165) is 0 Å². The predicted molar refractivity (Wildman–Crippen MR) is 48.0 cm³/mol. The van der Waals surface area contributed by atoms with Crippen LogP contribution in [0.15, 0.2) is 12.7 Å². The Hall–Kier alpha value is -2.58. The van der Waals surface area contributed by atoms with Crippen LogP contribution < -0.4 is 0 Å². The summed E-state index contributed by atoms with van der Waals surface area (Å²) in [4.78, 5) is 42.3. The Morgan fingerprint density at radius 3 is 1.94 bits per heavy atom. The van der Waals surface area contributed by atoms with Gasteiger partial charge in [-0.05, 0) is 0 Å². The normalized spacial score (nSPS) is 12.9. The summed E-state index contributed by atoms with van der Waals surface area (Å²) in [6, 6.07) is 0. The van der Waals surface area contributed by atoms with Crippen LogP contribution >= 0.6 is 0 Å². The van der Waals surface area contributed by atoms with Gasteiger partial charge in [0, 0.05) is 6.08 Å². The van der Waals surface area contributed by atoms with Crippen molar-refractivity contribution >= 4 is 24.1 Å². The molecule has 9 heteroatoms. The number of carbonyl (C=O) groups excluding carboxylic acids is 1. The lowest BCUT2D eigenvalue weighted by Crippen LogP contribution is -2.48. The van der Waals surface area contributed by atoms with E-state index in [-0.39, 0.29) is 0 Å². The summed E-state index contributed by atoms with van der Waals surface area (Å²) in [6.45, 7) is 2.94. The zero-order chi connectivity index (χ0) is 13.6. The standard InChI is InChI=1S/C8H8O9/c1-2-5(11)16-8(6(12)13,3-4(9)10)17-7(14)15/h2H,1,3H2,(H,9,10)(H,12,13)(H,14,15). The van der Waals surface area contributed by atoms with Crippen LogP contribution in [0.25, 0.3) is 0 Å². The molecule has 0 aliphatic rings. The van der Waals surface area contributed by atoms with Gasteiger partial charge in [0.2, 0.25) is 0 Å². The maximum Gasteiger partial charge on any atom is 0.509 e. The molecule has 0 aromatic heterocycles. The van der Waals surface area contributed by atoms with E-state index in [1.165, 1.54) is 0 Å². The predicted octanol–water partition coefficient (Wildman–Crippen LogP) is -0.334. The van der Waals surface area contributed by atoms with Crippen molar-refractivity contribution in [3.8, 4) is 0 Å². The van der Waals surface area contributed by atoms with Gasteiger partial charge in [-0.3, -0.25) is 4.79 Å². The number of esters is 1. The average Bonchev–Trinajstić information content (AvgIpc) is 2.14. The van der Waals surface area contributed by atoms with Crippen LogP contribution in [0.1, 0.15) is 6.42 Å². The topological polar surface area (TPSA) is 147 Å². The number of carbonyl (C=O) groups is 4. The molecule has 0 fully saturated rings. The Morgan fingerprint density at radius 1 is 1.12 bits per heavy atom. The Bertz CT molecular complexity index is 353. The van der Waals surface area contributed by atoms with Crippen molar-refractivity contribution in [1.82, 2.24) is 0 Å². The summed E-state index contributed by atoms with van der Waals surface area (Å²) in [5.41, 5.74) is 0. The molecule has 0 radical (unpaired) electrons. The van der Waals surface area contributed by atoms with Crippen molar-refractivity contribution in [2.45, 2.75) is 12.2 Å². The minimum atomic E-state index is -3.14. The van der Waals surface area contributed by atoms with E-state index in [9.17, 15) is 19.2 Å². The van der Waals surface area contributed by atoms with Gasteiger partial charge in [0.1, 0.15) is 6.42 Å². The summed E-state index contributed by atoms with van der Waals surface area (Å²) >= 11 is 0. The summed E-state index contributed by atoms with van der Waals surface area (Å²) in [6.07, 6.45) is -2.95. The van der Waals surface area contributed by atoms with Crippen LogP contribution in [0.4, 0.5) is 4.79 Å². The average molecular weight is 248 g/mol. The molecule has 0 aromatic carbocycles. The third-order valence-corrected chi connectivity index (χ3v) is 1.39. The summed E-state index contributed by atoms with van der Waals surface area (Å²) in [5.74, 6) is -8.28. The zero-order valence-corrected chi connectivity index (χ0v) is 8.28. The number of rotatable bonds is 6. The fourth-order valence-electron chi connectivity index (χ4n) is 0.800. The summed E-state index contributed by atoms with van der Waals surface area (Å²) < 4.78 is 7.96. The van der Waals surface area contributed by atoms with E-state index in [1.54, 1.807) is 0 Å². The highest BCUT2D eigenvalue weighted by atomic mass is 16.8. The number of hydrogen-bond acceptors (Lipinski definition) is 6. The molecule has 0 saturated carbocycles. The van der Waals surface area contributed by atoms with Crippen LogP contribution in [0.5, 0.6) is 0 Å². The van der Waals surface area contributed by atoms with Gasteiger partial charge >= 0.3 is 29.9 Å². The first-order valence-electron chi connectivity index (χ1n) is 3.96. The lowest BCUT2D eigenvalue weighted by molar-refractivity contribution is -0.226. The molecule has 0 bridgehead atoms. The van der Waals surface area contributed by atoms with E-state index in [2.05, 4.69) is 16.1 Å². The van der Waals surface area contributed by atoms with Gasteiger partial charge in [0.15, 0.2) is 0 Å². The maximum absolute atomic E-state index is 10.8. The summed E-state index contributed by atoms with van der Waals surface area (Å²) in [5, 5.41) is 25.4. The quantitative estimate of drug-likeness (QED) is 0.326. The molecule has 0 saturated heterocycles. The Kier molecular flexibility index (Phi) is 4.66. The van der Waals surface area contributed by atoms with E-state index in [1.807, 2.05) is 0 Å². The second-order valence-corrected chi connectivity index (χ2v) is 2.62. The maximum atomic E-state index is 10.8. The first kappa shape index (κ1) is 14.4. The highest BCUT2D eigenvalue weighted by Gasteiger charge is 2.49. The van der Waals surface area contributed by atoms with E-state index in [4.69, 9.17) is 15.3 Å².